The average molecular weight is 275 g/mol. The summed E-state index contributed by atoms with van der Waals surface area (Å²) in [5.74, 6) is -0.0474. The van der Waals surface area contributed by atoms with E-state index in [0.717, 1.165) is 17.3 Å². The van der Waals surface area contributed by atoms with E-state index in [9.17, 15) is 4.79 Å². The molecule has 20 heavy (non-hydrogen) atoms. The van der Waals surface area contributed by atoms with E-state index in [0.29, 0.717) is 18.8 Å². The number of para-hydroxylation sites is 1. The van der Waals surface area contributed by atoms with Gasteiger partial charge in [-0.2, -0.15) is 5.10 Å². The zero-order valence-electron chi connectivity index (χ0n) is 12.2. The van der Waals surface area contributed by atoms with E-state index in [-0.39, 0.29) is 11.9 Å². The van der Waals surface area contributed by atoms with Crippen molar-refractivity contribution in [3.63, 3.8) is 0 Å². The maximum absolute atomic E-state index is 12.7. The van der Waals surface area contributed by atoms with Crippen molar-refractivity contribution in [2.24, 2.45) is 0 Å². The van der Waals surface area contributed by atoms with Gasteiger partial charge in [-0.3, -0.25) is 9.89 Å². The third-order valence-corrected chi connectivity index (χ3v) is 3.59. The molecule has 0 radical (unpaired) electrons. The molecule has 1 amide bonds. The van der Waals surface area contributed by atoms with Crippen LogP contribution in [0.15, 0.2) is 24.3 Å². The summed E-state index contributed by atoms with van der Waals surface area (Å²) in [6, 6.07) is 7.83. The second-order valence-electron chi connectivity index (χ2n) is 4.87. The minimum Gasteiger partial charge on any atom is -0.383 e. The number of hydrogen-bond acceptors (Lipinski definition) is 3. The largest absolute Gasteiger partial charge is 0.383 e. The Morgan fingerprint density at radius 1 is 1.45 bits per heavy atom. The predicted molar refractivity (Wildman–Crippen MR) is 78.8 cm³/mol. The minimum absolute atomic E-state index is 0.0474. The van der Waals surface area contributed by atoms with Gasteiger partial charge in [-0.15, -0.1) is 0 Å². The van der Waals surface area contributed by atoms with Gasteiger partial charge in [0.25, 0.3) is 5.91 Å². The monoisotopic (exact) mass is 275 g/mol. The second-order valence-corrected chi connectivity index (χ2v) is 4.87. The Morgan fingerprint density at radius 3 is 2.90 bits per heavy atom. The molecule has 2 rings (SSSR count). The molecule has 1 aromatic heterocycles. The molecule has 5 heteroatoms. The van der Waals surface area contributed by atoms with E-state index in [1.165, 1.54) is 0 Å². The second kappa shape index (κ2) is 6.52. The first-order valence-corrected chi connectivity index (χ1v) is 6.92. The molecule has 1 aromatic carbocycles. The fourth-order valence-corrected chi connectivity index (χ4v) is 2.19. The molecule has 0 saturated heterocycles. The Labute approximate surface area is 118 Å². The summed E-state index contributed by atoms with van der Waals surface area (Å²) in [4.78, 5) is 14.5. The van der Waals surface area contributed by atoms with Crippen LogP contribution < -0.4 is 0 Å². The number of aromatic nitrogens is 2. The fourth-order valence-electron chi connectivity index (χ4n) is 2.19. The number of amides is 1. The molecular weight excluding hydrogens is 254 g/mol. The van der Waals surface area contributed by atoms with Gasteiger partial charge in [-0.1, -0.05) is 25.1 Å². The van der Waals surface area contributed by atoms with E-state index >= 15 is 0 Å². The highest BCUT2D eigenvalue weighted by Crippen LogP contribution is 2.18. The lowest BCUT2D eigenvalue weighted by Gasteiger charge is -2.27. The van der Waals surface area contributed by atoms with Crippen LogP contribution in [0.4, 0.5) is 0 Å². The molecule has 0 fully saturated rings. The summed E-state index contributed by atoms with van der Waals surface area (Å²) in [7, 11) is 1.64. The topological polar surface area (TPSA) is 58.2 Å². The zero-order chi connectivity index (χ0) is 14.5. The van der Waals surface area contributed by atoms with Crippen LogP contribution in [0.1, 0.15) is 30.8 Å². The molecule has 2 aromatic rings. The van der Waals surface area contributed by atoms with Crippen LogP contribution in [0, 0.1) is 0 Å². The number of aromatic amines is 1. The van der Waals surface area contributed by atoms with Crippen LogP contribution in [-0.4, -0.2) is 47.3 Å². The van der Waals surface area contributed by atoms with Crippen molar-refractivity contribution >= 4 is 16.8 Å². The summed E-state index contributed by atoms with van der Waals surface area (Å²) >= 11 is 0. The van der Waals surface area contributed by atoms with Gasteiger partial charge in [0.1, 0.15) is 0 Å². The molecule has 1 N–H and O–H groups in total. The van der Waals surface area contributed by atoms with E-state index in [1.54, 1.807) is 7.11 Å². The first-order valence-electron chi connectivity index (χ1n) is 6.92. The van der Waals surface area contributed by atoms with Crippen LogP contribution in [0.2, 0.25) is 0 Å². The molecule has 0 aliphatic carbocycles. The van der Waals surface area contributed by atoms with Crippen molar-refractivity contribution in [1.82, 2.24) is 15.1 Å². The van der Waals surface area contributed by atoms with Crippen molar-refractivity contribution in [2.75, 3.05) is 20.3 Å². The normalized spacial score (nSPS) is 12.6. The van der Waals surface area contributed by atoms with Gasteiger partial charge in [-0.05, 0) is 19.4 Å². The van der Waals surface area contributed by atoms with Crippen LogP contribution >= 0.6 is 0 Å². The van der Waals surface area contributed by atoms with Gasteiger partial charge in [0.2, 0.25) is 0 Å². The Balaban J connectivity index is 2.31. The fraction of sp³-hybridized carbons (Fsp3) is 0.467. The van der Waals surface area contributed by atoms with Gasteiger partial charge < -0.3 is 9.64 Å². The Kier molecular flexibility index (Phi) is 4.74. The molecule has 0 aliphatic rings. The predicted octanol–water partition coefficient (Wildman–Crippen LogP) is 2.45. The van der Waals surface area contributed by atoms with E-state index < -0.39 is 0 Å². The van der Waals surface area contributed by atoms with E-state index in [4.69, 9.17) is 4.74 Å². The number of ether oxygens (including phenoxy) is 1. The van der Waals surface area contributed by atoms with Crippen molar-refractivity contribution in [2.45, 2.75) is 26.3 Å². The number of nitrogens with zero attached hydrogens (tertiary/aromatic N) is 2. The Morgan fingerprint density at radius 2 is 2.20 bits per heavy atom. The van der Waals surface area contributed by atoms with Crippen LogP contribution in [0.3, 0.4) is 0 Å². The van der Waals surface area contributed by atoms with Crippen LogP contribution in [0.25, 0.3) is 10.9 Å². The molecule has 1 atom stereocenters. The van der Waals surface area contributed by atoms with Crippen molar-refractivity contribution in [3.8, 4) is 0 Å². The number of rotatable bonds is 6. The molecule has 0 spiro atoms. The Hall–Kier alpha value is -1.88. The van der Waals surface area contributed by atoms with Crippen molar-refractivity contribution in [1.29, 1.82) is 0 Å². The van der Waals surface area contributed by atoms with E-state index in [2.05, 4.69) is 17.1 Å². The third-order valence-electron chi connectivity index (χ3n) is 3.59. The Bertz CT molecular complexity index is 579. The highest BCUT2D eigenvalue weighted by molar-refractivity contribution is 6.04. The number of benzene rings is 1. The van der Waals surface area contributed by atoms with Gasteiger partial charge >= 0.3 is 0 Å². The maximum atomic E-state index is 12.7. The summed E-state index contributed by atoms with van der Waals surface area (Å²) < 4.78 is 5.10. The van der Waals surface area contributed by atoms with Crippen molar-refractivity contribution < 1.29 is 9.53 Å². The molecule has 1 heterocycles. The first kappa shape index (κ1) is 14.5. The number of carbonyl (C=O) groups excluding carboxylic acids is 1. The number of H-pyrrole nitrogens is 1. The lowest BCUT2D eigenvalue weighted by atomic mass is 10.1. The number of methoxy groups -OCH3 is 1. The van der Waals surface area contributed by atoms with E-state index in [1.807, 2.05) is 36.1 Å². The molecule has 108 valence electrons. The highest BCUT2D eigenvalue weighted by atomic mass is 16.5. The highest BCUT2D eigenvalue weighted by Gasteiger charge is 2.23. The first-order chi connectivity index (χ1) is 9.69. The number of carbonyl (C=O) groups is 1. The molecule has 0 bridgehead atoms. The molecule has 1 unspecified atom stereocenters. The number of nitrogens with one attached hydrogen (secondary N) is 1. The molecule has 0 aliphatic heterocycles. The lowest BCUT2D eigenvalue weighted by Crippen LogP contribution is -2.40. The maximum Gasteiger partial charge on any atom is 0.275 e. The summed E-state index contributed by atoms with van der Waals surface area (Å²) in [6.07, 6.45) is 0.901. The van der Waals surface area contributed by atoms with Gasteiger partial charge in [0.15, 0.2) is 5.69 Å². The average Bonchev–Trinajstić information content (AvgIpc) is 2.91. The van der Waals surface area contributed by atoms with Gasteiger partial charge in [0, 0.05) is 25.1 Å². The number of fused-ring (bicyclic) bond motifs is 1. The summed E-state index contributed by atoms with van der Waals surface area (Å²) in [5.41, 5.74) is 1.36. The number of hydrogen-bond donors (Lipinski definition) is 1. The molecule has 0 saturated carbocycles. The SMILES string of the molecule is CCC(C)N(CCOC)C(=O)c1n[nH]c2ccccc12. The molecule has 5 nitrogen and oxygen atoms in total. The van der Waals surface area contributed by atoms with Gasteiger partial charge in [0.05, 0.1) is 12.1 Å². The quantitative estimate of drug-likeness (QED) is 0.881. The minimum atomic E-state index is -0.0474. The third kappa shape index (κ3) is 2.82. The van der Waals surface area contributed by atoms with Crippen LogP contribution in [0.5, 0.6) is 0 Å². The van der Waals surface area contributed by atoms with Gasteiger partial charge in [-0.25, -0.2) is 0 Å². The summed E-state index contributed by atoms with van der Waals surface area (Å²) in [5, 5.41) is 7.96. The van der Waals surface area contributed by atoms with Crippen molar-refractivity contribution in [3.05, 3.63) is 30.0 Å². The smallest absolute Gasteiger partial charge is 0.275 e. The zero-order valence-corrected chi connectivity index (χ0v) is 12.2. The summed E-state index contributed by atoms with van der Waals surface area (Å²) in [6.45, 7) is 5.22. The lowest BCUT2D eigenvalue weighted by molar-refractivity contribution is 0.0610. The standard InChI is InChI=1S/C15H21N3O2/c1-4-11(2)18(9-10-20-3)15(19)14-12-7-5-6-8-13(12)16-17-14/h5-8,11H,4,9-10H2,1-3H3,(H,16,17). The molecular formula is C15H21N3O2. The van der Waals surface area contributed by atoms with Crippen LogP contribution in [-0.2, 0) is 4.74 Å².